The molecule has 0 spiro atoms. The molecule has 0 bridgehead atoms. The van der Waals surface area contributed by atoms with Crippen molar-refractivity contribution < 1.29 is 4.48 Å². The Bertz CT molecular complexity index is 379. The first kappa shape index (κ1) is 44.2. The summed E-state index contributed by atoms with van der Waals surface area (Å²) in [5.74, 6) is 0. The van der Waals surface area contributed by atoms with Gasteiger partial charge in [0, 0.05) is 0 Å². The van der Waals surface area contributed by atoms with Crippen LogP contribution in [-0.4, -0.2) is 39.1 Å². The molecule has 0 unspecified atom stereocenters. The Hall–Kier alpha value is 0.0249. The van der Waals surface area contributed by atoms with Gasteiger partial charge in [0.1, 0.15) is 0 Å². The average molecular weight is 594 g/mol. The van der Waals surface area contributed by atoms with Crippen molar-refractivity contribution in [3.05, 3.63) is 0 Å². The number of hydrogen-bond acceptors (Lipinski definition) is 0. The molecule has 256 valence electrons. The van der Waals surface area contributed by atoms with Gasteiger partial charge in [0.25, 0.3) is 0 Å². The third-order valence-electron chi connectivity index (χ3n) is 9.94. The number of quaternary nitrogens is 1. The van der Waals surface area contributed by atoms with Crippen LogP contribution >= 0.6 is 0 Å². The van der Waals surface area contributed by atoms with Gasteiger partial charge in [-0.15, -0.1) is 0 Å². The second-order valence-electron chi connectivity index (χ2n) is 14.1. The largest absolute Gasteiger partial charge is 0.324 e. The van der Waals surface area contributed by atoms with E-state index in [9.17, 15) is 0 Å². The fourth-order valence-corrected chi connectivity index (χ4v) is 7.00. The first-order valence-corrected chi connectivity index (χ1v) is 20.1. The molecule has 0 aromatic rings. The molecule has 0 aromatic heterocycles. The van der Waals surface area contributed by atoms with E-state index in [4.69, 9.17) is 0 Å². The average Bonchev–Trinajstić information content (AvgIpc) is 2.98. The molecular formula is C40H88BN. The maximum Gasteiger partial charge on any atom is 0.0786 e. The Morgan fingerprint density at radius 3 is 0.524 bits per heavy atom. The first-order chi connectivity index (χ1) is 20.2. The molecule has 2 heteroatoms. The van der Waals surface area contributed by atoms with E-state index in [1.807, 2.05) is 0 Å². The summed E-state index contributed by atoms with van der Waals surface area (Å²) in [7, 11) is 0. The molecule has 0 saturated carbocycles. The predicted octanol–water partition coefficient (Wildman–Crippen LogP) is 12.9. The number of nitrogens with zero attached hydrogens (tertiary/aromatic N) is 1. The van der Waals surface area contributed by atoms with Crippen molar-refractivity contribution >= 4 is 8.41 Å². The quantitative estimate of drug-likeness (QED) is 0.0385. The molecule has 0 rings (SSSR count). The summed E-state index contributed by atoms with van der Waals surface area (Å²) >= 11 is 0. The topological polar surface area (TPSA) is 0 Å². The van der Waals surface area contributed by atoms with E-state index in [0.717, 1.165) is 0 Å². The minimum absolute atomic E-state index is 0. The highest BCUT2D eigenvalue weighted by molar-refractivity contribution is 5.75. The van der Waals surface area contributed by atoms with Gasteiger partial charge in [-0.3, -0.25) is 0 Å². The molecule has 0 radical (unpaired) electrons. The van der Waals surface area contributed by atoms with Gasteiger partial charge in [0.05, 0.1) is 26.2 Å². The summed E-state index contributed by atoms with van der Waals surface area (Å²) in [4.78, 5) is 0. The van der Waals surface area contributed by atoms with Gasteiger partial charge >= 0.3 is 0 Å². The second-order valence-corrected chi connectivity index (χ2v) is 14.1. The molecule has 0 amide bonds. The Balaban J connectivity index is 0. The zero-order chi connectivity index (χ0) is 30.0. The summed E-state index contributed by atoms with van der Waals surface area (Å²) in [6.07, 6.45) is 46.7. The number of hydrogen-bond donors (Lipinski definition) is 0. The van der Waals surface area contributed by atoms with Crippen LogP contribution in [0.3, 0.4) is 0 Å². The van der Waals surface area contributed by atoms with Crippen molar-refractivity contribution in [2.75, 3.05) is 26.2 Å². The third kappa shape index (κ3) is 31.4. The normalized spacial score (nSPS) is 11.7. The van der Waals surface area contributed by atoms with E-state index in [0.29, 0.717) is 0 Å². The summed E-state index contributed by atoms with van der Waals surface area (Å²) in [5.41, 5.74) is 0. The maximum absolute atomic E-state index is 2.34. The van der Waals surface area contributed by atoms with Crippen molar-refractivity contribution in [2.45, 2.75) is 233 Å². The third-order valence-corrected chi connectivity index (χ3v) is 9.94. The lowest BCUT2D eigenvalue weighted by molar-refractivity contribution is -0.929. The van der Waals surface area contributed by atoms with Gasteiger partial charge in [-0.05, 0) is 51.4 Å². The summed E-state index contributed by atoms with van der Waals surface area (Å²) in [5, 5.41) is 0. The van der Waals surface area contributed by atoms with Crippen molar-refractivity contribution in [1.29, 1.82) is 0 Å². The Morgan fingerprint density at radius 2 is 0.357 bits per heavy atom. The Kier molecular flexibility index (Phi) is 39.1. The predicted molar refractivity (Wildman–Crippen MR) is 202 cm³/mol. The molecule has 0 aliphatic carbocycles. The highest BCUT2D eigenvalue weighted by Gasteiger charge is 2.25. The van der Waals surface area contributed by atoms with E-state index < -0.39 is 0 Å². The molecular weight excluding hydrogens is 505 g/mol. The molecule has 0 fully saturated rings. The van der Waals surface area contributed by atoms with Gasteiger partial charge in [-0.25, -0.2) is 0 Å². The smallest absolute Gasteiger partial charge is 0.0786 e. The van der Waals surface area contributed by atoms with Gasteiger partial charge < -0.3 is 4.48 Å². The van der Waals surface area contributed by atoms with Gasteiger partial charge in [-0.1, -0.05) is 190 Å². The Labute approximate surface area is 271 Å². The monoisotopic (exact) mass is 594 g/mol. The minimum Gasteiger partial charge on any atom is -0.324 e. The molecule has 0 aromatic carbocycles. The summed E-state index contributed by atoms with van der Waals surface area (Å²) in [6, 6.07) is 0. The standard InChI is InChI=1S/C40H84N.BH4/c1-5-9-13-17-21-25-29-33-37-41(38-34-30-26-22-18-14-10-6-2,39-35-31-27-23-19-15-11-7-3)40-36-32-28-24-20-16-12-8-4;/h5-40H2,1-4H3;1H4/q+1;-1. The van der Waals surface area contributed by atoms with Crippen molar-refractivity contribution in [1.82, 2.24) is 0 Å². The van der Waals surface area contributed by atoms with Crippen LogP contribution in [0.2, 0.25) is 0 Å². The fourth-order valence-electron chi connectivity index (χ4n) is 7.00. The van der Waals surface area contributed by atoms with Crippen LogP contribution in [0.1, 0.15) is 233 Å². The van der Waals surface area contributed by atoms with Gasteiger partial charge in [0.2, 0.25) is 0 Å². The lowest BCUT2D eigenvalue weighted by Crippen LogP contribution is -2.50. The molecule has 0 saturated heterocycles. The lowest BCUT2D eigenvalue weighted by atomic mass is 10.0. The van der Waals surface area contributed by atoms with Crippen LogP contribution in [0.4, 0.5) is 0 Å². The van der Waals surface area contributed by atoms with E-state index in [2.05, 4.69) is 27.7 Å². The number of rotatable bonds is 36. The van der Waals surface area contributed by atoms with Crippen molar-refractivity contribution in [3.8, 4) is 0 Å². The van der Waals surface area contributed by atoms with Crippen molar-refractivity contribution in [3.63, 3.8) is 0 Å². The zero-order valence-electron chi connectivity index (χ0n) is 29.9. The molecule has 0 heterocycles. The van der Waals surface area contributed by atoms with E-state index in [-0.39, 0.29) is 8.41 Å². The molecule has 1 nitrogen and oxygen atoms in total. The maximum atomic E-state index is 2.34. The molecule has 0 aliphatic heterocycles. The van der Waals surface area contributed by atoms with Crippen LogP contribution in [0, 0.1) is 0 Å². The van der Waals surface area contributed by atoms with Crippen molar-refractivity contribution in [2.24, 2.45) is 0 Å². The highest BCUT2D eigenvalue weighted by atomic mass is 15.3. The van der Waals surface area contributed by atoms with Crippen LogP contribution in [0.25, 0.3) is 0 Å². The SMILES string of the molecule is CCCCCCCCCC[N+](CCCCCCCCCC)(CCCCCCCCCC)CCCCCCCCCC.[BH4-]. The van der Waals surface area contributed by atoms with E-state index in [1.165, 1.54) is 236 Å². The number of unbranched alkanes of at least 4 members (excludes halogenated alkanes) is 28. The first-order valence-electron chi connectivity index (χ1n) is 20.1. The Morgan fingerprint density at radius 1 is 0.214 bits per heavy atom. The fraction of sp³-hybridized carbons (Fsp3) is 1.00. The molecule has 0 N–H and O–H groups in total. The molecule has 0 atom stereocenters. The van der Waals surface area contributed by atoms with Crippen LogP contribution in [-0.2, 0) is 0 Å². The van der Waals surface area contributed by atoms with Gasteiger partial charge in [0.15, 0.2) is 0 Å². The van der Waals surface area contributed by atoms with Gasteiger partial charge in [-0.2, -0.15) is 0 Å². The molecule has 0 aliphatic rings. The van der Waals surface area contributed by atoms with E-state index in [1.54, 1.807) is 0 Å². The summed E-state index contributed by atoms with van der Waals surface area (Å²) < 4.78 is 1.48. The molecule has 42 heavy (non-hydrogen) atoms. The second kappa shape index (κ2) is 37.2. The van der Waals surface area contributed by atoms with Crippen LogP contribution in [0.5, 0.6) is 0 Å². The van der Waals surface area contributed by atoms with Crippen LogP contribution in [0.15, 0.2) is 0 Å². The summed E-state index contributed by atoms with van der Waals surface area (Å²) in [6.45, 7) is 15.3. The zero-order valence-corrected chi connectivity index (χ0v) is 29.9. The highest BCUT2D eigenvalue weighted by Crippen LogP contribution is 2.21. The van der Waals surface area contributed by atoms with E-state index >= 15 is 0 Å². The lowest BCUT2D eigenvalue weighted by Gasteiger charge is -2.40. The minimum atomic E-state index is 0. The van der Waals surface area contributed by atoms with Crippen LogP contribution < -0.4 is 0 Å².